The third-order valence-corrected chi connectivity index (χ3v) is 9.79. The largest absolute Gasteiger partial charge is 0.494 e. The maximum atomic E-state index is 14.8. The minimum absolute atomic E-state index is 0.0207. The molecule has 0 aliphatic carbocycles. The number of benzene rings is 3. The molecule has 3 aromatic carbocycles. The molecule has 0 aromatic heterocycles. The standard InChI is InChI=1S/C38H43N3O6/c1-4-21-39(28-15-17-30(18-16-28)46-6-3)35(43)32-31-19-20-38(47-31)33(32)36(44)41(23-9-10-24-42)34(38)37(45)40(22-5-2)29-14-13-26-11-7-8-12-27(26)25-29/h4-5,7-8,11-18,25,31-34,42H,1-2,6,9-10,19-24H2,3H3/t31-,32+,33+,34?,38?/m1/s1. The van der Waals surface area contributed by atoms with E-state index in [-0.39, 0.29) is 44.0 Å². The van der Waals surface area contributed by atoms with Crippen LogP contribution in [-0.4, -0.2) is 78.3 Å². The number of likely N-dealkylation sites (tertiary alicyclic amines) is 1. The van der Waals surface area contributed by atoms with Crippen molar-refractivity contribution in [3.05, 3.63) is 92.0 Å². The fourth-order valence-electron chi connectivity index (χ4n) is 7.81. The number of hydrogen-bond acceptors (Lipinski definition) is 6. The van der Waals surface area contributed by atoms with Crippen LogP contribution < -0.4 is 14.5 Å². The Morgan fingerprint density at radius 1 is 0.979 bits per heavy atom. The van der Waals surface area contributed by atoms with E-state index in [0.29, 0.717) is 49.4 Å². The summed E-state index contributed by atoms with van der Waals surface area (Å²) < 4.78 is 12.3. The number of aliphatic hydroxyl groups is 1. The summed E-state index contributed by atoms with van der Waals surface area (Å²) in [5.41, 5.74) is 0.221. The SMILES string of the molecule is C=CCN(C(=O)C1N(CCCCO)C(=O)[C@@H]2[C@@H](C(=O)N(CC=C)c3ccc(OCC)cc3)[C@H]3CCC12O3)c1ccc2ccccc2c1. The molecule has 3 aromatic rings. The highest BCUT2D eigenvalue weighted by molar-refractivity contribution is 6.07. The topological polar surface area (TPSA) is 99.6 Å². The number of hydrogen-bond donors (Lipinski definition) is 1. The van der Waals surface area contributed by atoms with Crippen LogP contribution in [0.4, 0.5) is 11.4 Å². The molecule has 3 amide bonds. The van der Waals surface area contributed by atoms with Crippen LogP contribution in [0, 0.1) is 11.8 Å². The minimum atomic E-state index is -1.15. The number of unbranched alkanes of at least 4 members (excludes halogenated alkanes) is 1. The molecule has 3 aliphatic rings. The van der Waals surface area contributed by atoms with Crippen molar-refractivity contribution in [3.8, 4) is 5.75 Å². The molecule has 3 fully saturated rings. The molecular formula is C38H43N3O6. The third-order valence-electron chi connectivity index (χ3n) is 9.79. The maximum Gasteiger partial charge on any atom is 0.253 e. The van der Waals surface area contributed by atoms with Gasteiger partial charge in [-0.2, -0.15) is 0 Å². The quantitative estimate of drug-likeness (QED) is 0.195. The first kappa shape index (κ1) is 32.5. The normalized spacial score (nSPS) is 24.3. The molecule has 3 aliphatic heterocycles. The minimum Gasteiger partial charge on any atom is -0.494 e. The van der Waals surface area contributed by atoms with E-state index in [9.17, 15) is 19.5 Å². The van der Waals surface area contributed by atoms with Crippen LogP contribution in [0.15, 0.2) is 92.0 Å². The van der Waals surface area contributed by atoms with Crippen LogP contribution in [-0.2, 0) is 19.1 Å². The van der Waals surface area contributed by atoms with Crippen LogP contribution in [0.25, 0.3) is 10.8 Å². The van der Waals surface area contributed by atoms with Crippen molar-refractivity contribution in [2.75, 3.05) is 42.6 Å². The van der Waals surface area contributed by atoms with E-state index < -0.39 is 29.6 Å². The van der Waals surface area contributed by atoms with E-state index >= 15 is 0 Å². The van der Waals surface area contributed by atoms with E-state index in [1.165, 1.54) is 0 Å². The molecule has 9 heteroatoms. The van der Waals surface area contributed by atoms with E-state index in [0.717, 1.165) is 10.8 Å². The van der Waals surface area contributed by atoms with Gasteiger partial charge >= 0.3 is 0 Å². The maximum absolute atomic E-state index is 14.8. The number of rotatable bonds is 14. The number of carbonyl (C=O) groups is 3. The van der Waals surface area contributed by atoms with Crippen LogP contribution >= 0.6 is 0 Å². The van der Waals surface area contributed by atoms with Gasteiger partial charge in [0.2, 0.25) is 11.8 Å². The number of nitrogens with zero attached hydrogens (tertiary/aromatic N) is 3. The highest BCUT2D eigenvalue weighted by Gasteiger charge is 2.75. The Kier molecular flexibility index (Phi) is 9.47. The molecule has 246 valence electrons. The van der Waals surface area contributed by atoms with Gasteiger partial charge in [-0.3, -0.25) is 14.4 Å². The summed E-state index contributed by atoms with van der Waals surface area (Å²) in [7, 11) is 0. The summed E-state index contributed by atoms with van der Waals surface area (Å²) in [6.07, 6.45) is 4.92. The lowest BCUT2D eigenvalue weighted by Gasteiger charge is -2.37. The third kappa shape index (κ3) is 5.72. The van der Waals surface area contributed by atoms with Gasteiger partial charge in [-0.1, -0.05) is 42.5 Å². The Balaban J connectivity index is 1.37. The molecule has 3 heterocycles. The van der Waals surface area contributed by atoms with Crippen molar-refractivity contribution in [2.24, 2.45) is 11.8 Å². The Bertz CT molecular complexity index is 1660. The van der Waals surface area contributed by atoms with E-state index in [2.05, 4.69) is 13.2 Å². The van der Waals surface area contributed by atoms with E-state index in [1.807, 2.05) is 73.7 Å². The fourth-order valence-corrected chi connectivity index (χ4v) is 7.81. The zero-order chi connectivity index (χ0) is 33.1. The molecule has 0 radical (unpaired) electrons. The smallest absolute Gasteiger partial charge is 0.253 e. The van der Waals surface area contributed by atoms with Crippen LogP contribution in [0.3, 0.4) is 0 Å². The van der Waals surface area contributed by atoms with Crippen molar-refractivity contribution >= 4 is 39.9 Å². The van der Waals surface area contributed by atoms with Crippen LogP contribution in [0.1, 0.15) is 32.6 Å². The Morgan fingerprint density at radius 2 is 1.66 bits per heavy atom. The van der Waals surface area contributed by atoms with E-state index in [4.69, 9.17) is 9.47 Å². The molecule has 6 rings (SSSR count). The van der Waals surface area contributed by atoms with Gasteiger partial charge in [0.05, 0.1) is 24.5 Å². The lowest BCUT2D eigenvalue weighted by Crippen LogP contribution is -2.56. The first-order valence-corrected chi connectivity index (χ1v) is 16.5. The summed E-state index contributed by atoms with van der Waals surface area (Å²) in [6, 6.07) is 20.2. The number of anilines is 2. The predicted octanol–water partition coefficient (Wildman–Crippen LogP) is 5.12. The molecular weight excluding hydrogens is 594 g/mol. The molecule has 1 N–H and O–H groups in total. The Morgan fingerprint density at radius 3 is 2.34 bits per heavy atom. The first-order valence-electron chi connectivity index (χ1n) is 16.5. The molecule has 3 saturated heterocycles. The number of ether oxygens (including phenoxy) is 2. The average molecular weight is 638 g/mol. The van der Waals surface area contributed by atoms with Crippen LogP contribution in [0.5, 0.6) is 5.75 Å². The second-order valence-corrected chi connectivity index (χ2v) is 12.5. The lowest BCUT2D eigenvalue weighted by molar-refractivity contribution is -0.140. The molecule has 2 unspecified atom stereocenters. The number of aliphatic hydroxyl groups excluding tert-OH is 1. The molecule has 5 atom stereocenters. The zero-order valence-electron chi connectivity index (χ0n) is 26.9. The monoisotopic (exact) mass is 637 g/mol. The molecule has 1 spiro atoms. The number of amides is 3. The van der Waals surface area contributed by atoms with Gasteiger partial charge in [0, 0.05) is 37.6 Å². The zero-order valence-corrected chi connectivity index (χ0v) is 26.9. The first-order chi connectivity index (χ1) is 22.9. The molecule has 9 nitrogen and oxygen atoms in total. The summed E-state index contributed by atoms with van der Waals surface area (Å²) >= 11 is 0. The molecule has 0 saturated carbocycles. The number of carbonyl (C=O) groups excluding carboxylic acids is 3. The highest BCUT2D eigenvalue weighted by Crippen LogP contribution is 2.59. The summed E-state index contributed by atoms with van der Waals surface area (Å²) in [4.78, 5) is 48.8. The van der Waals surface area contributed by atoms with Crippen molar-refractivity contribution in [2.45, 2.75) is 50.4 Å². The Labute approximate surface area is 276 Å². The van der Waals surface area contributed by atoms with Gasteiger partial charge in [-0.15, -0.1) is 13.2 Å². The van der Waals surface area contributed by atoms with Crippen molar-refractivity contribution in [1.82, 2.24) is 4.90 Å². The predicted molar refractivity (Wildman–Crippen MR) is 182 cm³/mol. The second-order valence-electron chi connectivity index (χ2n) is 12.5. The van der Waals surface area contributed by atoms with Gasteiger partial charge in [0.25, 0.3) is 5.91 Å². The molecule has 2 bridgehead atoms. The summed E-state index contributed by atoms with van der Waals surface area (Å²) in [6.45, 7) is 11.0. The Hall–Kier alpha value is -4.47. The van der Waals surface area contributed by atoms with Gasteiger partial charge in [0.1, 0.15) is 17.4 Å². The fraction of sp³-hybridized carbons (Fsp3) is 0.395. The van der Waals surface area contributed by atoms with Gasteiger partial charge in [0.15, 0.2) is 0 Å². The van der Waals surface area contributed by atoms with Gasteiger partial charge < -0.3 is 29.3 Å². The molecule has 47 heavy (non-hydrogen) atoms. The second kappa shape index (κ2) is 13.7. The van der Waals surface area contributed by atoms with Crippen molar-refractivity contribution in [3.63, 3.8) is 0 Å². The summed E-state index contributed by atoms with van der Waals surface area (Å²) in [5, 5.41) is 11.6. The van der Waals surface area contributed by atoms with Crippen LogP contribution in [0.2, 0.25) is 0 Å². The van der Waals surface area contributed by atoms with Crippen molar-refractivity contribution < 1.29 is 29.0 Å². The van der Waals surface area contributed by atoms with Gasteiger partial charge in [-0.05, 0) is 79.8 Å². The highest BCUT2D eigenvalue weighted by atomic mass is 16.5. The van der Waals surface area contributed by atoms with E-state index in [1.54, 1.807) is 26.9 Å². The van der Waals surface area contributed by atoms with Crippen molar-refractivity contribution in [1.29, 1.82) is 0 Å². The summed E-state index contributed by atoms with van der Waals surface area (Å²) in [5.74, 6) is -1.60. The average Bonchev–Trinajstić information content (AvgIpc) is 3.73. The number of fused-ring (bicyclic) bond motifs is 2. The van der Waals surface area contributed by atoms with Gasteiger partial charge in [-0.25, -0.2) is 0 Å². The lowest BCUT2D eigenvalue weighted by atomic mass is 9.70.